The summed E-state index contributed by atoms with van der Waals surface area (Å²) in [7, 11) is 0. The molecule has 0 unspecified atom stereocenters. The Labute approximate surface area is 164 Å². The number of hydrogen-bond acceptors (Lipinski definition) is 4. The third kappa shape index (κ3) is 4.97. The minimum absolute atomic E-state index is 0.0616. The molecule has 0 bridgehead atoms. The Morgan fingerprint density at radius 2 is 2.04 bits per heavy atom. The van der Waals surface area contributed by atoms with Gasteiger partial charge in [0, 0.05) is 18.5 Å². The molecule has 0 saturated heterocycles. The molecule has 3 rings (SSSR count). The predicted octanol–water partition coefficient (Wildman–Crippen LogP) is 3.98. The number of nitrogens with zero attached hydrogens (tertiary/aromatic N) is 1. The maximum absolute atomic E-state index is 12.3. The smallest absolute Gasteiger partial charge is 0.258 e. The van der Waals surface area contributed by atoms with Crippen LogP contribution in [0.2, 0.25) is 0 Å². The highest BCUT2D eigenvalue weighted by Crippen LogP contribution is 2.22. The fourth-order valence-electron chi connectivity index (χ4n) is 2.97. The highest BCUT2D eigenvalue weighted by molar-refractivity contribution is 5.91. The van der Waals surface area contributed by atoms with Gasteiger partial charge in [0.05, 0.1) is 17.5 Å². The highest BCUT2D eigenvalue weighted by atomic mass is 16.5. The number of H-pyrrole nitrogens is 1. The largest absolute Gasteiger partial charge is 0.494 e. The van der Waals surface area contributed by atoms with Crippen LogP contribution in [0.5, 0.6) is 5.75 Å². The van der Waals surface area contributed by atoms with Crippen LogP contribution in [0.1, 0.15) is 37.6 Å². The van der Waals surface area contributed by atoms with Gasteiger partial charge in [-0.05, 0) is 55.7 Å². The van der Waals surface area contributed by atoms with E-state index in [9.17, 15) is 9.59 Å². The Kier molecular flexibility index (Phi) is 6.42. The number of carbonyl (C=O) groups excluding carboxylic acids is 1. The Morgan fingerprint density at radius 3 is 2.82 bits per heavy atom. The lowest BCUT2D eigenvalue weighted by Crippen LogP contribution is -2.14. The second-order valence-corrected chi connectivity index (χ2v) is 6.76. The molecule has 2 N–H and O–H groups in total. The van der Waals surface area contributed by atoms with E-state index in [2.05, 4.69) is 22.2 Å². The first-order valence-corrected chi connectivity index (χ1v) is 9.58. The normalized spacial score (nSPS) is 10.8. The minimum atomic E-state index is -0.147. The summed E-state index contributed by atoms with van der Waals surface area (Å²) >= 11 is 0. The number of nitrogens with one attached hydrogen (secondary N) is 2. The zero-order valence-corrected chi connectivity index (χ0v) is 16.2. The maximum atomic E-state index is 12.3. The summed E-state index contributed by atoms with van der Waals surface area (Å²) in [6.45, 7) is 4.68. The third-order valence-corrected chi connectivity index (χ3v) is 4.42. The molecule has 0 radical (unpaired) electrons. The van der Waals surface area contributed by atoms with E-state index in [0.29, 0.717) is 42.6 Å². The van der Waals surface area contributed by atoms with E-state index in [-0.39, 0.29) is 11.5 Å². The molecule has 146 valence electrons. The van der Waals surface area contributed by atoms with Crippen molar-refractivity contribution in [2.75, 3.05) is 11.9 Å². The summed E-state index contributed by atoms with van der Waals surface area (Å²) in [5, 5.41) is 3.51. The second-order valence-electron chi connectivity index (χ2n) is 6.76. The van der Waals surface area contributed by atoms with E-state index < -0.39 is 0 Å². The lowest BCUT2D eigenvalue weighted by Gasteiger charge is -2.11. The van der Waals surface area contributed by atoms with Gasteiger partial charge in [-0.25, -0.2) is 4.98 Å². The van der Waals surface area contributed by atoms with Crippen molar-refractivity contribution < 1.29 is 9.53 Å². The van der Waals surface area contributed by atoms with E-state index in [0.717, 1.165) is 23.4 Å². The molecule has 0 fully saturated rings. The summed E-state index contributed by atoms with van der Waals surface area (Å²) in [5.41, 5.74) is 2.27. The Hall–Kier alpha value is -3.15. The standard InChI is InChI=1S/C22H25N3O3/c1-3-13-28-16-11-12-18(15(2)14-16)24-21(26)10-6-9-20-23-19-8-5-4-7-17(19)22(27)25-20/h4-5,7-8,11-12,14H,3,6,9-10,13H2,1-2H3,(H,24,26)(H,23,25,27). The fourth-order valence-corrected chi connectivity index (χ4v) is 2.97. The number of fused-ring (bicyclic) bond motifs is 1. The van der Waals surface area contributed by atoms with Crippen molar-refractivity contribution in [1.29, 1.82) is 0 Å². The molecule has 28 heavy (non-hydrogen) atoms. The molecule has 6 heteroatoms. The topological polar surface area (TPSA) is 84.1 Å². The molecule has 1 amide bonds. The van der Waals surface area contributed by atoms with Crippen LogP contribution < -0.4 is 15.6 Å². The summed E-state index contributed by atoms with van der Waals surface area (Å²) in [4.78, 5) is 31.6. The molecule has 0 saturated carbocycles. The molecule has 0 spiro atoms. The van der Waals surface area contributed by atoms with Crippen molar-refractivity contribution in [2.45, 2.75) is 39.5 Å². The van der Waals surface area contributed by atoms with E-state index >= 15 is 0 Å². The zero-order chi connectivity index (χ0) is 19.9. The molecule has 0 aliphatic heterocycles. The number of aromatic nitrogens is 2. The summed E-state index contributed by atoms with van der Waals surface area (Å²) in [6.07, 6.45) is 2.44. The molecule has 1 aromatic heterocycles. The molecular formula is C22H25N3O3. The molecule has 0 aliphatic carbocycles. The van der Waals surface area contributed by atoms with Gasteiger partial charge >= 0.3 is 0 Å². The van der Waals surface area contributed by atoms with Crippen molar-refractivity contribution in [3.63, 3.8) is 0 Å². The first-order chi connectivity index (χ1) is 13.6. The van der Waals surface area contributed by atoms with Gasteiger partial charge in [0.15, 0.2) is 0 Å². The van der Waals surface area contributed by atoms with Gasteiger partial charge in [-0.15, -0.1) is 0 Å². The van der Waals surface area contributed by atoms with E-state index in [1.54, 1.807) is 6.07 Å². The number of carbonyl (C=O) groups is 1. The summed E-state index contributed by atoms with van der Waals surface area (Å²) in [5.74, 6) is 1.35. The van der Waals surface area contributed by atoms with Gasteiger partial charge in [0.25, 0.3) is 5.56 Å². The molecule has 1 heterocycles. The molecule has 0 atom stereocenters. The second kappa shape index (κ2) is 9.17. The number of amides is 1. The number of rotatable bonds is 8. The first-order valence-electron chi connectivity index (χ1n) is 9.58. The first kappa shape index (κ1) is 19.6. The van der Waals surface area contributed by atoms with Gasteiger partial charge in [0.1, 0.15) is 11.6 Å². The Balaban J connectivity index is 1.54. The third-order valence-electron chi connectivity index (χ3n) is 4.42. The highest BCUT2D eigenvalue weighted by Gasteiger charge is 2.08. The average molecular weight is 379 g/mol. The van der Waals surface area contributed by atoms with Gasteiger partial charge in [0.2, 0.25) is 5.91 Å². The van der Waals surface area contributed by atoms with Crippen LogP contribution in [-0.4, -0.2) is 22.5 Å². The Bertz CT molecular complexity index is 1030. The van der Waals surface area contributed by atoms with Crippen LogP contribution in [0.25, 0.3) is 10.9 Å². The number of anilines is 1. The lowest BCUT2D eigenvalue weighted by atomic mass is 10.1. The van der Waals surface area contributed by atoms with Crippen molar-refractivity contribution in [3.8, 4) is 5.75 Å². The van der Waals surface area contributed by atoms with Gasteiger partial charge in [-0.1, -0.05) is 19.1 Å². The van der Waals surface area contributed by atoms with Crippen molar-refractivity contribution >= 4 is 22.5 Å². The number of para-hydroxylation sites is 1. The van der Waals surface area contributed by atoms with Crippen LogP contribution in [-0.2, 0) is 11.2 Å². The van der Waals surface area contributed by atoms with Crippen LogP contribution in [0.4, 0.5) is 5.69 Å². The van der Waals surface area contributed by atoms with Crippen LogP contribution in [0, 0.1) is 6.92 Å². The zero-order valence-electron chi connectivity index (χ0n) is 16.2. The van der Waals surface area contributed by atoms with Gasteiger partial charge < -0.3 is 15.0 Å². The number of aryl methyl sites for hydroxylation is 2. The Morgan fingerprint density at radius 1 is 1.21 bits per heavy atom. The van der Waals surface area contributed by atoms with Crippen molar-refractivity contribution in [3.05, 3.63) is 64.2 Å². The van der Waals surface area contributed by atoms with Crippen molar-refractivity contribution in [1.82, 2.24) is 9.97 Å². The van der Waals surface area contributed by atoms with Crippen LogP contribution in [0.3, 0.4) is 0 Å². The van der Waals surface area contributed by atoms with Crippen LogP contribution >= 0.6 is 0 Å². The van der Waals surface area contributed by atoms with Gasteiger partial charge in [-0.2, -0.15) is 0 Å². The molecule has 2 aromatic carbocycles. The number of ether oxygens (including phenoxy) is 1. The van der Waals surface area contributed by atoms with E-state index in [1.807, 2.05) is 43.3 Å². The predicted molar refractivity (Wildman–Crippen MR) is 111 cm³/mol. The number of hydrogen-bond donors (Lipinski definition) is 2. The number of aromatic amines is 1. The van der Waals surface area contributed by atoms with E-state index in [4.69, 9.17) is 4.74 Å². The lowest BCUT2D eigenvalue weighted by molar-refractivity contribution is -0.116. The summed E-state index contributed by atoms with van der Waals surface area (Å²) < 4.78 is 5.60. The van der Waals surface area contributed by atoms with Crippen molar-refractivity contribution in [2.24, 2.45) is 0 Å². The van der Waals surface area contributed by atoms with Gasteiger partial charge in [-0.3, -0.25) is 9.59 Å². The molecule has 3 aromatic rings. The SMILES string of the molecule is CCCOc1ccc(NC(=O)CCCc2nc3ccccc3c(=O)[nH]2)c(C)c1. The monoisotopic (exact) mass is 379 g/mol. The summed E-state index contributed by atoms with van der Waals surface area (Å²) in [6, 6.07) is 12.9. The fraction of sp³-hybridized carbons (Fsp3) is 0.318. The molecule has 0 aliphatic rings. The number of benzene rings is 2. The average Bonchev–Trinajstić information content (AvgIpc) is 2.68. The van der Waals surface area contributed by atoms with Crippen LogP contribution in [0.15, 0.2) is 47.3 Å². The molecular weight excluding hydrogens is 354 g/mol. The maximum Gasteiger partial charge on any atom is 0.258 e. The molecule has 6 nitrogen and oxygen atoms in total. The quantitative estimate of drug-likeness (QED) is 0.620. The van der Waals surface area contributed by atoms with E-state index in [1.165, 1.54) is 0 Å². The minimum Gasteiger partial charge on any atom is -0.494 e.